The molecule has 0 bridgehead atoms. The Kier molecular flexibility index (Phi) is 3.67. The molecule has 1 atom stereocenters. The van der Waals surface area contributed by atoms with Crippen molar-refractivity contribution in [3.05, 3.63) is 77.9 Å². The van der Waals surface area contributed by atoms with E-state index < -0.39 is 0 Å². The summed E-state index contributed by atoms with van der Waals surface area (Å²) in [4.78, 5) is 2.33. The highest BCUT2D eigenvalue weighted by Gasteiger charge is 2.43. The van der Waals surface area contributed by atoms with E-state index in [1.807, 2.05) is 47.0 Å². The average Bonchev–Trinajstić information content (AvgIpc) is 3.36. The second-order valence-corrected chi connectivity index (χ2v) is 7.77. The Balaban J connectivity index is 1.38. The van der Waals surface area contributed by atoms with E-state index in [0.29, 0.717) is 6.61 Å². The van der Waals surface area contributed by atoms with E-state index in [9.17, 15) is 0 Å². The van der Waals surface area contributed by atoms with Crippen molar-refractivity contribution in [1.82, 2.24) is 19.8 Å². The van der Waals surface area contributed by atoms with Gasteiger partial charge < -0.3 is 9.64 Å². The summed E-state index contributed by atoms with van der Waals surface area (Å²) in [5.74, 6) is 1.69. The Labute approximate surface area is 168 Å². The van der Waals surface area contributed by atoms with Gasteiger partial charge in [-0.1, -0.05) is 54.6 Å². The van der Waals surface area contributed by atoms with Crippen LogP contribution in [0.5, 0.6) is 0 Å². The summed E-state index contributed by atoms with van der Waals surface area (Å²) < 4.78 is 8.21. The molecule has 1 fully saturated rings. The van der Waals surface area contributed by atoms with E-state index in [1.54, 1.807) is 0 Å². The van der Waals surface area contributed by atoms with Crippen LogP contribution in [-0.2, 0) is 16.8 Å². The number of hydrogen-bond donors (Lipinski definition) is 0. The number of morpholine rings is 1. The van der Waals surface area contributed by atoms with Crippen LogP contribution in [0.1, 0.15) is 17.5 Å². The first-order chi connectivity index (χ1) is 14.3. The summed E-state index contributed by atoms with van der Waals surface area (Å²) in [6, 6.07) is 22.8. The second-order valence-electron chi connectivity index (χ2n) is 7.77. The number of fused-ring (bicyclic) bond motifs is 3. The van der Waals surface area contributed by atoms with Crippen LogP contribution in [0.25, 0.3) is 17.0 Å². The first-order valence-corrected chi connectivity index (χ1v) is 10.1. The van der Waals surface area contributed by atoms with Gasteiger partial charge in [-0.25, -0.2) is 0 Å². The lowest BCUT2D eigenvalue weighted by Crippen LogP contribution is -2.49. The van der Waals surface area contributed by atoms with Gasteiger partial charge in [-0.15, -0.1) is 15.3 Å². The molecule has 1 aliphatic heterocycles. The van der Waals surface area contributed by atoms with E-state index in [0.717, 1.165) is 48.8 Å². The van der Waals surface area contributed by atoms with E-state index in [2.05, 4.69) is 39.4 Å². The smallest absolute Gasteiger partial charge is 0.185 e. The zero-order valence-electron chi connectivity index (χ0n) is 16.0. The van der Waals surface area contributed by atoms with Crippen LogP contribution in [0, 0.1) is 0 Å². The molecule has 1 spiro atoms. The number of anilines is 1. The molecule has 144 valence electrons. The molecule has 0 saturated carbocycles. The van der Waals surface area contributed by atoms with Crippen molar-refractivity contribution < 1.29 is 4.74 Å². The lowest BCUT2D eigenvalue weighted by Gasteiger charge is -2.41. The summed E-state index contributed by atoms with van der Waals surface area (Å²) >= 11 is 0. The molecule has 2 aromatic heterocycles. The monoisotopic (exact) mass is 383 g/mol. The number of nitrogens with zero attached hydrogens (tertiary/aromatic N) is 5. The van der Waals surface area contributed by atoms with Crippen molar-refractivity contribution in [2.75, 3.05) is 24.6 Å². The minimum Gasteiger partial charge on any atom is -0.367 e. The minimum atomic E-state index is -0.235. The van der Waals surface area contributed by atoms with Crippen molar-refractivity contribution in [2.24, 2.45) is 0 Å². The Morgan fingerprint density at radius 3 is 2.69 bits per heavy atom. The van der Waals surface area contributed by atoms with Crippen molar-refractivity contribution >= 4 is 11.5 Å². The molecule has 0 radical (unpaired) electrons. The molecule has 6 rings (SSSR count). The summed E-state index contributed by atoms with van der Waals surface area (Å²) in [5, 5.41) is 13.6. The fourth-order valence-electron chi connectivity index (χ4n) is 4.66. The predicted molar refractivity (Wildman–Crippen MR) is 111 cm³/mol. The summed E-state index contributed by atoms with van der Waals surface area (Å²) in [5.41, 5.74) is 4.26. The number of rotatable bonds is 2. The minimum absolute atomic E-state index is 0.235. The normalized spacial score (nSPS) is 21.0. The first kappa shape index (κ1) is 16.7. The number of ether oxygens (including phenoxy) is 1. The van der Waals surface area contributed by atoms with Gasteiger partial charge in [0.1, 0.15) is 11.4 Å². The van der Waals surface area contributed by atoms with E-state index >= 15 is 0 Å². The summed E-state index contributed by atoms with van der Waals surface area (Å²) in [6.07, 6.45) is 2.09. The topological polar surface area (TPSA) is 55.5 Å². The molecular formula is C23H21N5O. The molecule has 29 heavy (non-hydrogen) atoms. The molecule has 1 unspecified atom stereocenters. The lowest BCUT2D eigenvalue weighted by molar-refractivity contribution is -0.0594. The van der Waals surface area contributed by atoms with Crippen molar-refractivity contribution in [1.29, 1.82) is 0 Å². The maximum atomic E-state index is 6.37. The molecule has 4 aromatic rings. The van der Waals surface area contributed by atoms with Crippen molar-refractivity contribution in [3.8, 4) is 11.4 Å². The SMILES string of the molecule is c1ccc(-c2nnc3ccc(N4CCOC5(CCc6ccccc65)C4)nn23)cc1. The third-order valence-electron chi connectivity index (χ3n) is 6.10. The van der Waals surface area contributed by atoms with Gasteiger partial charge in [-0.05, 0) is 36.1 Å². The second kappa shape index (κ2) is 6.39. The maximum Gasteiger partial charge on any atom is 0.185 e. The fourth-order valence-corrected chi connectivity index (χ4v) is 4.66. The Morgan fingerprint density at radius 1 is 0.897 bits per heavy atom. The zero-order chi connectivity index (χ0) is 19.3. The zero-order valence-corrected chi connectivity index (χ0v) is 16.0. The van der Waals surface area contributed by atoms with Crippen LogP contribution in [-0.4, -0.2) is 39.5 Å². The van der Waals surface area contributed by atoms with Crippen LogP contribution in [0.15, 0.2) is 66.7 Å². The van der Waals surface area contributed by atoms with Crippen LogP contribution in [0.4, 0.5) is 5.82 Å². The fraction of sp³-hybridized carbons (Fsp3) is 0.261. The third kappa shape index (κ3) is 2.63. The molecule has 6 heteroatoms. The number of hydrogen-bond acceptors (Lipinski definition) is 5. The van der Waals surface area contributed by atoms with E-state index in [1.165, 1.54) is 11.1 Å². The van der Waals surface area contributed by atoms with Crippen LogP contribution < -0.4 is 4.90 Å². The first-order valence-electron chi connectivity index (χ1n) is 10.1. The van der Waals surface area contributed by atoms with Gasteiger partial charge in [0.15, 0.2) is 11.5 Å². The Bertz CT molecular complexity index is 1180. The van der Waals surface area contributed by atoms with Gasteiger partial charge in [-0.3, -0.25) is 0 Å². The highest BCUT2D eigenvalue weighted by Crippen LogP contribution is 2.42. The van der Waals surface area contributed by atoms with Crippen LogP contribution in [0.3, 0.4) is 0 Å². The van der Waals surface area contributed by atoms with Gasteiger partial charge in [0, 0.05) is 12.1 Å². The molecule has 0 amide bonds. The summed E-state index contributed by atoms with van der Waals surface area (Å²) in [6.45, 7) is 2.33. The van der Waals surface area contributed by atoms with Gasteiger partial charge in [0.25, 0.3) is 0 Å². The number of aromatic nitrogens is 4. The van der Waals surface area contributed by atoms with Gasteiger partial charge in [-0.2, -0.15) is 4.52 Å². The van der Waals surface area contributed by atoms with Crippen molar-refractivity contribution in [3.63, 3.8) is 0 Å². The van der Waals surface area contributed by atoms with Gasteiger partial charge in [0.05, 0.1) is 13.2 Å². The number of benzene rings is 2. The average molecular weight is 383 g/mol. The molecule has 6 nitrogen and oxygen atoms in total. The highest BCUT2D eigenvalue weighted by atomic mass is 16.5. The molecule has 1 aliphatic carbocycles. The molecular weight excluding hydrogens is 362 g/mol. The van der Waals surface area contributed by atoms with Gasteiger partial charge >= 0.3 is 0 Å². The largest absolute Gasteiger partial charge is 0.367 e. The molecule has 2 aliphatic rings. The number of aryl methyl sites for hydroxylation is 1. The van der Waals surface area contributed by atoms with Gasteiger partial charge in [0.2, 0.25) is 0 Å². The molecule has 1 saturated heterocycles. The predicted octanol–water partition coefficient (Wildman–Crippen LogP) is 3.47. The molecule has 2 aromatic carbocycles. The third-order valence-corrected chi connectivity index (χ3v) is 6.10. The lowest BCUT2D eigenvalue weighted by atomic mass is 9.93. The van der Waals surface area contributed by atoms with Crippen LogP contribution in [0.2, 0.25) is 0 Å². The molecule has 3 heterocycles. The van der Waals surface area contributed by atoms with Crippen molar-refractivity contribution in [2.45, 2.75) is 18.4 Å². The van der Waals surface area contributed by atoms with E-state index in [4.69, 9.17) is 9.84 Å². The highest BCUT2D eigenvalue weighted by molar-refractivity contribution is 5.59. The summed E-state index contributed by atoms with van der Waals surface area (Å²) in [7, 11) is 0. The van der Waals surface area contributed by atoms with Crippen LogP contribution >= 0.6 is 0 Å². The van der Waals surface area contributed by atoms with E-state index in [-0.39, 0.29) is 5.60 Å². The quantitative estimate of drug-likeness (QED) is 0.531. The Hall–Kier alpha value is -3.25. The molecule has 0 N–H and O–H groups in total. The maximum absolute atomic E-state index is 6.37. The Morgan fingerprint density at radius 2 is 1.76 bits per heavy atom. The standard InChI is InChI=1S/C23H21N5O/c1-2-7-18(8-3-1)22-25-24-20-10-11-21(26-28(20)22)27-14-15-29-23(16-27)13-12-17-6-4-5-9-19(17)23/h1-11H,12-16H2.